The van der Waals surface area contributed by atoms with Crippen LogP contribution in [0.1, 0.15) is 69.2 Å². The molecular weight excluding hydrogens is 350 g/mol. The topological polar surface area (TPSA) is 26.0 Å². The highest BCUT2D eigenvalue weighted by atomic mass is 32.1. The van der Waals surface area contributed by atoms with Gasteiger partial charge in [0.25, 0.3) is 0 Å². The second-order valence-electron chi connectivity index (χ2n) is 7.31. The van der Waals surface area contributed by atoms with E-state index >= 15 is 0 Å². The van der Waals surface area contributed by atoms with Crippen LogP contribution >= 0.6 is 11.3 Å². The van der Waals surface area contributed by atoms with Gasteiger partial charge in [-0.15, -0.1) is 11.3 Å². The van der Waals surface area contributed by atoms with Gasteiger partial charge in [0.05, 0.1) is 4.88 Å². The van der Waals surface area contributed by atoms with E-state index in [1.165, 1.54) is 66.7 Å². The largest absolute Gasteiger partial charge is 0.356 e. The summed E-state index contributed by atoms with van der Waals surface area (Å²) in [5.41, 5.74) is 3.45. The summed E-state index contributed by atoms with van der Waals surface area (Å²) in [4.78, 5) is 2.65. The van der Waals surface area contributed by atoms with Crippen LogP contribution in [0.2, 0.25) is 0 Å². The normalized spacial score (nSPS) is 11.2. The molecule has 0 bridgehead atoms. The van der Waals surface area contributed by atoms with E-state index in [1.54, 1.807) is 0 Å². The first kappa shape index (κ1) is 19.9. The Kier molecular flexibility index (Phi) is 7.70. The van der Waals surface area contributed by atoms with Crippen molar-refractivity contribution in [2.45, 2.75) is 71.6 Å². The third-order valence-electron chi connectivity index (χ3n) is 5.01. The van der Waals surface area contributed by atoms with Gasteiger partial charge in [-0.3, -0.25) is 0 Å². The summed E-state index contributed by atoms with van der Waals surface area (Å²) >= 11 is 1.84. The molecule has 0 aliphatic carbocycles. The molecule has 144 valence electrons. The van der Waals surface area contributed by atoms with Gasteiger partial charge >= 0.3 is 0 Å². The van der Waals surface area contributed by atoms with Crippen molar-refractivity contribution in [3.63, 3.8) is 0 Å². The van der Waals surface area contributed by atoms with Crippen LogP contribution in [-0.4, -0.2) is 5.16 Å². The maximum Gasteiger partial charge on any atom is 0.167 e. The first-order valence-corrected chi connectivity index (χ1v) is 11.3. The van der Waals surface area contributed by atoms with Gasteiger partial charge < -0.3 is 4.52 Å². The summed E-state index contributed by atoms with van der Waals surface area (Å²) < 4.78 is 5.62. The number of unbranched alkanes of at least 4 members (excludes halogenated alkanes) is 5. The van der Waals surface area contributed by atoms with Crippen molar-refractivity contribution in [2.24, 2.45) is 0 Å². The van der Waals surface area contributed by atoms with Gasteiger partial charge in [-0.1, -0.05) is 75.4 Å². The van der Waals surface area contributed by atoms with Crippen LogP contribution in [0.3, 0.4) is 0 Å². The van der Waals surface area contributed by atoms with E-state index in [0.717, 1.165) is 23.4 Å². The van der Waals surface area contributed by atoms with E-state index in [9.17, 15) is 0 Å². The molecule has 0 fully saturated rings. The number of aromatic nitrogens is 1. The third kappa shape index (κ3) is 5.80. The molecule has 2 heterocycles. The van der Waals surface area contributed by atoms with Crippen molar-refractivity contribution in [2.75, 3.05) is 0 Å². The Morgan fingerprint density at radius 2 is 1.56 bits per heavy atom. The number of thiophene rings is 1. The zero-order valence-electron chi connectivity index (χ0n) is 16.7. The molecule has 0 radical (unpaired) electrons. The van der Waals surface area contributed by atoms with Gasteiger partial charge in [0.15, 0.2) is 5.76 Å². The van der Waals surface area contributed by atoms with Crippen LogP contribution in [0, 0.1) is 0 Å². The summed E-state index contributed by atoms with van der Waals surface area (Å²) in [5.74, 6) is 0.850. The third-order valence-corrected chi connectivity index (χ3v) is 6.18. The predicted octanol–water partition coefficient (Wildman–Crippen LogP) is 7.93. The van der Waals surface area contributed by atoms with Gasteiger partial charge in [0.1, 0.15) is 5.69 Å². The van der Waals surface area contributed by atoms with E-state index in [2.05, 4.69) is 61.5 Å². The molecule has 1 aromatic carbocycles. The summed E-state index contributed by atoms with van der Waals surface area (Å²) in [6.45, 7) is 4.50. The fourth-order valence-corrected chi connectivity index (χ4v) is 4.32. The van der Waals surface area contributed by atoms with Gasteiger partial charge in [0.2, 0.25) is 0 Å². The second-order valence-corrected chi connectivity index (χ2v) is 8.48. The van der Waals surface area contributed by atoms with E-state index in [-0.39, 0.29) is 0 Å². The Balaban J connectivity index is 1.60. The van der Waals surface area contributed by atoms with Gasteiger partial charge in [-0.25, -0.2) is 0 Å². The van der Waals surface area contributed by atoms with E-state index in [1.807, 2.05) is 11.3 Å². The molecular formula is C24H31NOS. The minimum atomic E-state index is 0.850. The molecule has 0 spiro atoms. The molecule has 3 rings (SSSR count). The molecule has 0 atom stereocenters. The molecule has 0 aliphatic rings. The Hall–Kier alpha value is -1.87. The molecule has 2 aromatic heterocycles. The monoisotopic (exact) mass is 381 g/mol. The highest BCUT2D eigenvalue weighted by Crippen LogP contribution is 2.31. The fraction of sp³-hybridized carbons (Fsp3) is 0.458. The first-order chi connectivity index (χ1) is 13.3. The summed E-state index contributed by atoms with van der Waals surface area (Å²) in [7, 11) is 0. The van der Waals surface area contributed by atoms with E-state index in [0.29, 0.717) is 0 Å². The lowest BCUT2D eigenvalue weighted by Crippen LogP contribution is -1.85. The number of aryl methyl sites for hydroxylation is 2. The van der Waals surface area contributed by atoms with Crippen molar-refractivity contribution in [3.05, 3.63) is 52.9 Å². The van der Waals surface area contributed by atoms with Crippen LogP contribution in [0.5, 0.6) is 0 Å². The molecule has 3 heteroatoms. The van der Waals surface area contributed by atoms with E-state index < -0.39 is 0 Å². The van der Waals surface area contributed by atoms with Gasteiger partial charge in [-0.2, -0.15) is 0 Å². The molecule has 3 aromatic rings. The quantitative estimate of drug-likeness (QED) is 0.315. The zero-order valence-corrected chi connectivity index (χ0v) is 17.5. The van der Waals surface area contributed by atoms with Crippen molar-refractivity contribution < 1.29 is 4.52 Å². The maximum atomic E-state index is 5.62. The summed E-state index contributed by atoms with van der Waals surface area (Å²) in [5, 5.41) is 4.30. The lowest BCUT2D eigenvalue weighted by atomic mass is 10.0. The average molecular weight is 382 g/mol. The Morgan fingerprint density at radius 1 is 0.815 bits per heavy atom. The van der Waals surface area contributed by atoms with Crippen LogP contribution in [-0.2, 0) is 12.8 Å². The molecule has 0 amide bonds. The molecule has 0 saturated carbocycles. The number of benzene rings is 1. The van der Waals surface area contributed by atoms with Crippen LogP contribution in [0.15, 0.2) is 47.0 Å². The lowest BCUT2D eigenvalue weighted by Gasteiger charge is -2.01. The molecule has 27 heavy (non-hydrogen) atoms. The van der Waals surface area contributed by atoms with Crippen molar-refractivity contribution >= 4 is 11.3 Å². The van der Waals surface area contributed by atoms with Crippen LogP contribution in [0.25, 0.3) is 21.9 Å². The van der Waals surface area contributed by atoms with Gasteiger partial charge in [0, 0.05) is 16.5 Å². The average Bonchev–Trinajstić information content (AvgIpc) is 3.36. The van der Waals surface area contributed by atoms with Gasteiger partial charge in [-0.05, 0) is 43.4 Å². The number of hydrogen-bond acceptors (Lipinski definition) is 3. The van der Waals surface area contributed by atoms with Crippen LogP contribution in [0.4, 0.5) is 0 Å². The summed E-state index contributed by atoms with van der Waals surface area (Å²) in [6.07, 6.45) is 11.4. The molecule has 0 unspecified atom stereocenters. The summed E-state index contributed by atoms with van der Waals surface area (Å²) in [6, 6.07) is 15.2. The number of rotatable bonds is 11. The zero-order chi connectivity index (χ0) is 18.9. The Morgan fingerprint density at radius 3 is 2.33 bits per heavy atom. The van der Waals surface area contributed by atoms with Crippen LogP contribution < -0.4 is 0 Å². The lowest BCUT2D eigenvalue weighted by molar-refractivity contribution is 0.435. The highest BCUT2D eigenvalue weighted by molar-refractivity contribution is 7.15. The standard InChI is InChI=1S/C24H31NOS/c1-3-5-7-9-11-21-16-17-24(27-21)22-18-23(26-25-22)20-14-12-19(13-15-20)10-8-6-4-2/h12-18H,3-11H2,1-2H3. The minimum Gasteiger partial charge on any atom is -0.356 e. The van der Waals surface area contributed by atoms with Crippen molar-refractivity contribution in [3.8, 4) is 21.9 Å². The Bertz CT molecular complexity index is 800. The molecule has 2 nitrogen and oxygen atoms in total. The maximum absolute atomic E-state index is 5.62. The van der Waals surface area contributed by atoms with E-state index in [4.69, 9.17) is 4.52 Å². The molecule has 0 aliphatic heterocycles. The smallest absolute Gasteiger partial charge is 0.167 e. The minimum absolute atomic E-state index is 0.850. The first-order valence-electron chi connectivity index (χ1n) is 10.4. The Labute approximate surface area is 167 Å². The fourth-order valence-electron chi connectivity index (χ4n) is 3.32. The number of nitrogens with zero attached hydrogens (tertiary/aromatic N) is 1. The second kappa shape index (κ2) is 10.5. The molecule has 0 saturated heterocycles. The van der Waals surface area contributed by atoms with Crippen molar-refractivity contribution in [1.29, 1.82) is 0 Å². The highest BCUT2D eigenvalue weighted by Gasteiger charge is 2.11. The number of hydrogen-bond donors (Lipinski definition) is 0. The molecule has 0 N–H and O–H groups in total. The predicted molar refractivity (Wildman–Crippen MR) is 116 cm³/mol. The SMILES string of the molecule is CCCCCCc1ccc(-c2cc(-c3ccc(CCCCC)cc3)on2)s1. The van der Waals surface area contributed by atoms with Crippen molar-refractivity contribution in [1.82, 2.24) is 5.16 Å².